The van der Waals surface area contributed by atoms with Crippen molar-refractivity contribution in [1.29, 1.82) is 0 Å². The minimum Gasteiger partial charge on any atom is -0.466 e. The summed E-state index contributed by atoms with van der Waals surface area (Å²) in [6, 6.07) is 15.3. The summed E-state index contributed by atoms with van der Waals surface area (Å²) in [6.07, 6.45) is -1.55. The number of ether oxygens (including phenoxy) is 1. The Hall–Kier alpha value is -2.50. The highest BCUT2D eigenvalue weighted by Gasteiger charge is 2.34. The van der Waals surface area contributed by atoms with Gasteiger partial charge < -0.3 is 10.1 Å². The highest BCUT2D eigenvalue weighted by Crippen LogP contribution is 2.40. The minimum absolute atomic E-state index is 0.0191. The number of para-hydroxylation sites is 1. The molecule has 3 rings (SSSR count). The number of benzene rings is 2. The number of nitrogens with one attached hydrogen (secondary N) is 1. The van der Waals surface area contributed by atoms with Crippen molar-refractivity contribution in [2.45, 2.75) is 50.7 Å². The van der Waals surface area contributed by atoms with Gasteiger partial charge in [0.1, 0.15) is 0 Å². The van der Waals surface area contributed by atoms with Crippen LogP contribution >= 0.6 is 0 Å². The monoisotopic (exact) mass is 405 g/mol. The molecule has 2 aromatic carbocycles. The first-order valence-electron chi connectivity index (χ1n) is 10.0. The molecule has 1 saturated carbocycles. The number of halogens is 3. The number of anilines is 1. The molecule has 0 heterocycles. The molecule has 1 fully saturated rings. The predicted octanol–water partition coefficient (Wildman–Crippen LogP) is 6.02. The lowest BCUT2D eigenvalue weighted by Crippen LogP contribution is -2.34. The molecule has 3 atom stereocenters. The van der Waals surface area contributed by atoms with Gasteiger partial charge in [0.2, 0.25) is 0 Å². The first-order valence-corrected chi connectivity index (χ1v) is 10.0. The van der Waals surface area contributed by atoms with Crippen LogP contribution in [0.25, 0.3) is 0 Å². The molecule has 0 bridgehead atoms. The van der Waals surface area contributed by atoms with Gasteiger partial charge >= 0.3 is 12.1 Å². The van der Waals surface area contributed by atoms with Crippen LogP contribution in [0.1, 0.15) is 49.7 Å². The largest absolute Gasteiger partial charge is 0.466 e. The lowest BCUT2D eigenvalue weighted by Gasteiger charge is -2.37. The molecule has 6 heteroatoms. The van der Waals surface area contributed by atoms with Crippen LogP contribution in [0.3, 0.4) is 0 Å². The molecule has 0 aromatic heterocycles. The lowest BCUT2D eigenvalue weighted by atomic mass is 9.73. The average Bonchev–Trinajstić information content (AvgIpc) is 2.69. The Labute approximate surface area is 169 Å². The number of hydrogen-bond donors (Lipinski definition) is 1. The van der Waals surface area contributed by atoms with E-state index < -0.39 is 11.7 Å². The fourth-order valence-corrected chi connectivity index (χ4v) is 4.11. The Kier molecular flexibility index (Phi) is 6.83. The second-order valence-electron chi connectivity index (χ2n) is 7.53. The van der Waals surface area contributed by atoms with Gasteiger partial charge in [-0.2, -0.15) is 13.2 Å². The van der Waals surface area contributed by atoms with Gasteiger partial charge in [0.25, 0.3) is 0 Å². The van der Waals surface area contributed by atoms with Crippen molar-refractivity contribution in [3.05, 3.63) is 65.7 Å². The summed E-state index contributed by atoms with van der Waals surface area (Å²) >= 11 is 0. The van der Waals surface area contributed by atoms with E-state index in [1.165, 1.54) is 0 Å². The molecule has 0 radical (unpaired) electrons. The van der Waals surface area contributed by atoms with Gasteiger partial charge in [-0.3, -0.25) is 4.79 Å². The van der Waals surface area contributed by atoms with Crippen molar-refractivity contribution in [3.63, 3.8) is 0 Å². The van der Waals surface area contributed by atoms with Crippen LogP contribution in [-0.2, 0) is 15.7 Å². The highest BCUT2D eigenvalue weighted by molar-refractivity contribution is 5.69. The molecule has 1 aliphatic carbocycles. The van der Waals surface area contributed by atoms with Crippen molar-refractivity contribution in [2.24, 2.45) is 5.92 Å². The molecule has 0 spiro atoms. The number of rotatable bonds is 6. The Balaban J connectivity index is 1.79. The van der Waals surface area contributed by atoms with Gasteiger partial charge in [0, 0.05) is 24.1 Å². The van der Waals surface area contributed by atoms with Crippen molar-refractivity contribution in [2.75, 3.05) is 11.9 Å². The van der Waals surface area contributed by atoms with E-state index in [-0.39, 0.29) is 23.8 Å². The summed E-state index contributed by atoms with van der Waals surface area (Å²) in [7, 11) is 0. The van der Waals surface area contributed by atoms with E-state index >= 15 is 0 Å². The van der Waals surface area contributed by atoms with E-state index in [0.29, 0.717) is 13.0 Å². The Bertz CT molecular complexity index is 790. The molecule has 0 amide bonds. The molecule has 156 valence electrons. The molecule has 29 heavy (non-hydrogen) atoms. The Morgan fingerprint density at radius 3 is 2.38 bits per heavy atom. The van der Waals surface area contributed by atoms with E-state index in [1.54, 1.807) is 19.1 Å². The third-order valence-corrected chi connectivity index (χ3v) is 5.51. The van der Waals surface area contributed by atoms with Gasteiger partial charge in [0.15, 0.2) is 0 Å². The summed E-state index contributed by atoms with van der Waals surface area (Å²) < 4.78 is 43.9. The van der Waals surface area contributed by atoms with Crippen molar-refractivity contribution >= 4 is 11.7 Å². The fraction of sp³-hybridized carbons (Fsp3) is 0.435. The second kappa shape index (κ2) is 9.33. The van der Waals surface area contributed by atoms with E-state index in [9.17, 15) is 18.0 Å². The Morgan fingerprint density at radius 2 is 1.76 bits per heavy atom. The average molecular weight is 405 g/mol. The minimum atomic E-state index is -4.35. The van der Waals surface area contributed by atoms with Crippen LogP contribution in [0.5, 0.6) is 0 Å². The summed E-state index contributed by atoms with van der Waals surface area (Å²) in [5.41, 5.74) is 1.20. The quantitative estimate of drug-likeness (QED) is 0.597. The Morgan fingerprint density at radius 1 is 1.07 bits per heavy atom. The SMILES string of the molecule is CCOC(=O)C[C@@H]1CC[C@@H](Nc2ccccc2)[C@H](c2ccc(C(F)(F)F)cc2)C1. The topological polar surface area (TPSA) is 38.3 Å². The molecule has 1 N–H and O–H groups in total. The molecular weight excluding hydrogens is 379 g/mol. The van der Waals surface area contributed by atoms with Crippen molar-refractivity contribution in [3.8, 4) is 0 Å². The summed E-state index contributed by atoms with van der Waals surface area (Å²) in [4.78, 5) is 11.9. The maximum atomic E-state index is 12.9. The van der Waals surface area contributed by atoms with Crippen molar-refractivity contribution < 1.29 is 22.7 Å². The van der Waals surface area contributed by atoms with Crippen LogP contribution in [-0.4, -0.2) is 18.6 Å². The van der Waals surface area contributed by atoms with E-state index in [0.717, 1.165) is 42.6 Å². The number of esters is 1. The molecular formula is C23H26F3NO2. The first kappa shape index (κ1) is 21.2. The molecule has 0 aliphatic heterocycles. The van der Waals surface area contributed by atoms with E-state index in [1.807, 2.05) is 30.3 Å². The summed E-state index contributed by atoms with van der Waals surface area (Å²) in [5.74, 6) is -0.0287. The van der Waals surface area contributed by atoms with E-state index in [2.05, 4.69) is 5.32 Å². The zero-order valence-electron chi connectivity index (χ0n) is 16.4. The van der Waals surface area contributed by atoms with Crippen LogP contribution in [0.2, 0.25) is 0 Å². The number of carbonyl (C=O) groups is 1. The maximum absolute atomic E-state index is 12.9. The first-order chi connectivity index (χ1) is 13.9. The maximum Gasteiger partial charge on any atom is 0.416 e. The normalized spacial score (nSPS) is 22.1. The van der Waals surface area contributed by atoms with Crippen LogP contribution in [0, 0.1) is 5.92 Å². The number of carbonyl (C=O) groups excluding carboxylic acids is 1. The zero-order chi connectivity index (χ0) is 20.9. The van der Waals surface area contributed by atoms with E-state index in [4.69, 9.17) is 4.74 Å². The third kappa shape index (κ3) is 5.75. The molecule has 0 saturated heterocycles. The molecule has 0 unspecified atom stereocenters. The fourth-order valence-electron chi connectivity index (χ4n) is 4.11. The summed E-state index contributed by atoms with van der Waals surface area (Å²) in [6.45, 7) is 2.13. The van der Waals surface area contributed by atoms with Crippen LogP contribution in [0.15, 0.2) is 54.6 Å². The highest BCUT2D eigenvalue weighted by atomic mass is 19.4. The van der Waals surface area contributed by atoms with Gasteiger partial charge in [-0.15, -0.1) is 0 Å². The smallest absolute Gasteiger partial charge is 0.416 e. The zero-order valence-corrected chi connectivity index (χ0v) is 16.4. The third-order valence-electron chi connectivity index (χ3n) is 5.51. The standard InChI is InChI=1S/C23H26F3NO2/c1-2-29-22(28)15-16-8-13-21(27-19-6-4-3-5-7-19)20(14-16)17-9-11-18(12-10-17)23(24,25)26/h3-7,9-12,16,20-21,27H,2,8,13-15H2,1H3/t16-,20+,21-/m1/s1. The predicted molar refractivity (Wildman–Crippen MR) is 107 cm³/mol. The van der Waals surface area contributed by atoms with Gasteiger partial charge in [-0.25, -0.2) is 0 Å². The lowest BCUT2D eigenvalue weighted by molar-refractivity contribution is -0.144. The van der Waals surface area contributed by atoms with Crippen LogP contribution in [0.4, 0.5) is 18.9 Å². The molecule has 1 aliphatic rings. The number of alkyl halides is 3. The van der Waals surface area contributed by atoms with Gasteiger partial charge in [-0.05, 0) is 61.9 Å². The number of hydrogen-bond acceptors (Lipinski definition) is 3. The molecule has 2 aromatic rings. The summed E-state index contributed by atoms with van der Waals surface area (Å²) in [5, 5.41) is 3.53. The second-order valence-corrected chi connectivity index (χ2v) is 7.53. The van der Waals surface area contributed by atoms with Crippen LogP contribution < -0.4 is 5.32 Å². The molecule has 3 nitrogen and oxygen atoms in total. The van der Waals surface area contributed by atoms with Crippen molar-refractivity contribution in [1.82, 2.24) is 0 Å². The van der Waals surface area contributed by atoms with Gasteiger partial charge in [-0.1, -0.05) is 30.3 Å². The van der Waals surface area contributed by atoms with Gasteiger partial charge in [0.05, 0.1) is 12.2 Å².